The molecule has 0 spiro atoms. The van der Waals surface area contributed by atoms with Crippen LogP contribution in [0, 0.1) is 3.77 Å². The van der Waals surface area contributed by atoms with Crippen LogP contribution in [-0.2, 0) is 9.53 Å². The Labute approximate surface area is 157 Å². The first-order valence-corrected chi connectivity index (χ1v) is 9.16. The van der Waals surface area contributed by atoms with E-state index in [1.807, 2.05) is 42.5 Å². The van der Waals surface area contributed by atoms with E-state index in [-0.39, 0.29) is 5.91 Å². The lowest BCUT2D eigenvalue weighted by Gasteiger charge is -2.14. The van der Waals surface area contributed by atoms with Crippen LogP contribution in [0.3, 0.4) is 0 Å². The van der Waals surface area contributed by atoms with Crippen molar-refractivity contribution in [2.24, 2.45) is 4.99 Å². The van der Waals surface area contributed by atoms with Crippen molar-refractivity contribution >= 4 is 57.2 Å². The molecule has 3 rings (SSSR count). The van der Waals surface area contributed by atoms with Crippen LogP contribution in [0.15, 0.2) is 56.8 Å². The maximum Gasteiger partial charge on any atom is 0.266 e. The van der Waals surface area contributed by atoms with Gasteiger partial charge < -0.3 is 9.15 Å². The molecule has 1 aliphatic rings. The summed E-state index contributed by atoms with van der Waals surface area (Å²) in [5.74, 6) is 0.570. The molecule has 1 fully saturated rings. The second-order valence-electron chi connectivity index (χ2n) is 4.93. The van der Waals surface area contributed by atoms with Gasteiger partial charge in [-0.1, -0.05) is 18.2 Å². The summed E-state index contributed by atoms with van der Waals surface area (Å²) in [6, 6.07) is 13.3. The zero-order valence-electron chi connectivity index (χ0n) is 12.9. The Balaban J connectivity index is 1.90. The van der Waals surface area contributed by atoms with E-state index in [2.05, 4.69) is 27.6 Å². The monoisotopic (exact) mass is 454 g/mol. The van der Waals surface area contributed by atoms with Gasteiger partial charge in [0.25, 0.3) is 5.91 Å². The Morgan fingerprint density at radius 3 is 2.75 bits per heavy atom. The Morgan fingerprint density at radius 1 is 1.29 bits per heavy atom. The smallest absolute Gasteiger partial charge is 0.266 e. The van der Waals surface area contributed by atoms with Crippen molar-refractivity contribution < 1.29 is 13.9 Å². The number of amidine groups is 1. The van der Waals surface area contributed by atoms with Crippen LogP contribution in [0.1, 0.15) is 5.76 Å². The highest BCUT2D eigenvalue weighted by molar-refractivity contribution is 14.1. The van der Waals surface area contributed by atoms with Gasteiger partial charge in [-0.25, -0.2) is 4.99 Å². The number of thioether (sulfide) groups is 1. The highest BCUT2D eigenvalue weighted by Gasteiger charge is 2.33. The van der Waals surface area contributed by atoms with E-state index in [1.165, 1.54) is 11.8 Å². The van der Waals surface area contributed by atoms with Gasteiger partial charge in [-0.15, -0.1) is 0 Å². The first kappa shape index (κ1) is 17.2. The summed E-state index contributed by atoms with van der Waals surface area (Å²) in [6.07, 6.45) is 1.75. The van der Waals surface area contributed by atoms with Crippen LogP contribution in [-0.4, -0.2) is 36.2 Å². The van der Waals surface area contributed by atoms with Gasteiger partial charge >= 0.3 is 0 Å². The van der Waals surface area contributed by atoms with Crippen molar-refractivity contribution in [1.82, 2.24) is 4.90 Å². The van der Waals surface area contributed by atoms with Crippen molar-refractivity contribution in [1.29, 1.82) is 0 Å². The lowest BCUT2D eigenvalue weighted by Crippen LogP contribution is -2.32. The first-order chi connectivity index (χ1) is 11.7. The Hall–Kier alpha value is -1.58. The van der Waals surface area contributed by atoms with Gasteiger partial charge in [0.2, 0.25) is 0 Å². The van der Waals surface area contributed by atoms with E-state index >= 15 is 0 Å². The van der Waals surface area contributed by atoms with E-state index in [1.54, 1.807) is 18.1 Å². The van der Waals surface area contributed by atoms with Crippen LogP contribution >= 0.6 is 34.4 Å². The van der Waals surface area contributed by atoms with Gasteiger partial charge in [-0.05, 0) is 58.6 Å². The molecule has 7 heteroatoms. The van der Waals surface area contributed by atoms with Crippen molar-refractivity contribution in [3.05, 3.63) is 56.9 Å². The van der Waals surface area contributed by atoms with E-state index in [0.717, 1.165) is 9.45 Å². The molecule has 0 atom stereocenters. The van der Waals surface area contributed by atoms with Crippen LogP contribution in [0.5, 0.6) is 0 Å². The van der Waals surface area contributed by atoms with Crippen molar-refractivity contribution in [3.63, 3.8) is 0 Å². The molecular weight excluding hydrogens is 439 g/mol. The number of amides is 1. The molecule has 0 N–H and O–H groups in total. The predicted molar refractivity (Wildman–Crippen MR) is 104 cm³/mol. The zero-order valence-corrected chi connectivity index (χ0v) is 15.9. The quantitative estimate of drug-likeness (QED) is 0.504. The maximum absolute atomic E-state index is 12.7. The molecule has 1 amide bonds. The second-order valence-corrected chi connectivity index (χ2v) is 7.00. The third-order valence-corrected chi connectivity index (χ3v) is 4.84. The fraction of sp³-hybridized carbons (Fsp3) is 0.176. The third kappa shape index (κ3) is 4.08. The van der Waals surface area contributed by atoms with E-state index in [9.17, 15) is 4.79 Å². The largest absolute Gasteiger partial charge is 0.451 e. The average Bonchev–Trinajstić information content (AvgIpc) is 3.11. The first-order valence-electron chi connectivity index (χ1n) is 7.27. The highest BCUT2D eigenvalue weighted by atomic mass is 127. The molecule has 0 saturated carbocycles. The van der Waals surface area contributed by atoms with E-state index in [0.29, 0.717) is 29.0 Å². The molecular formula is C17H15IN2O3S. The minimum Gasteiger partial charge on any atom is -0.451 e. The summed E-state index contributed by atoms with van der Waals surface area (Å²) in [6.45, 7) is 0.910. The highest BCUT2D eigenvalue weighted by Crippen LogP contribution is 2.34. The number of benzene rings is 1. The number of hydrogen-bond donors (Lipinski definition) is 0. The van der Waals surface area contributed by atoms with Gasteiger partial charge in [0.15, 0.2) is 8.93 Å². The molecule has 124 valence electrons. The Morgan fingerprint density at radius 2 is 2.08 bits per heavy atom. The third-order valence-electron chi connectivity index (χ3n) is 3.26. The predicted octanol–water partition coefficient (Wildman–Crippen LogP) is 4.13. The van der Waals surface area contributed by atoms with Gasteiger partial charge in [-0.2, -0.15) is 0 Å². The summed E-state index contributed by atoms with van der Waals surface area (Å²) in [5, 5.41) is 0.649. The molecule has 2 aromatic rings. The second kappa shape index (κ2) is 8.00. The van der Waals surface area contributed by atoms with Gasteiger partial charge in [0, 0.05) is 13.2 Å². The molecule has 24 heavy (non-hydrogen) atoms. The molecule has 1 saturated heterocycles. The summed E-state index contributed by atoms with van der Waals surface area (Å²) < 4.78 is 11.4. The molecule has 2 heterocycles. The van der Waals surface area contributed by atoms with Gasteiger partial charge in [0.1, 0.15) is 5.76 Å². The normalized spacial score (nSPS) is 18.1. The van der Waals surface area contributed by atoms with Crippen LogP contribution in [0.25, 0.3) is 6.08 Å². The SMILES string of the molecule is COCCN1C(=O)C(=Cc2ccc(I)o2)SC1=Nc1ccccc1. The molecule has 0 aliphatic carbocycles. The number of halogens is 1. The van der Waals surface area contributed by atoms with Crippen molar-refractivity contribution in [2.75, 3.05) is 20.3 Å². The standard InChI is InChI=1S/C17H15IN2O3S/c1-22-10-9-20-16(21)14(11-13-7-8-15(18)23-13)24-17(20)19-12-5-3-2-4-6-12/h2-8,11H,9-10H2,1H3. The lowest BCUT2D eigenvalue weighted by molar-refractivity contribution is -0.122. The van der Waals surface area contributed by atoms with Crippen LogP contribution in [0.4, 0.5) is 5.69 Å². The number of para-hydroxylation sites is 1. The number of ether oxygens (including phenoxy) is 1. The zero-order chi connectivity index (χ0) is 16.9. The molecule has 0 bridgehead atoms. The molecule has 1 aromatic carbocycles. The van der Waals surface area contributed by atoms with Gasteiger partial charge in [0.05, 0.1) is 23.7 Å². The molecule has 1 aromatic heterocycles. The molecule has 0 radical (unpaired) electrons. The summed E-state index contributed by atoms with van der Waals surface area (Å²) in [7, 11) is 1.61. The maximum atomic E-state index is 12.7. The fourth-order valence-electron chi connectivity index (χ4n) is 2.12. The molecule has 0 unspecified atom stereocenters. The lowest BCUT2D eigenvalue weighted by atomic mass is 10.3. The number of hydrogen-bond acceptors (Lipinski definition) is 5. The Bertz CT molecular complexity index is 786. The topological polar surface area (TPSA) is 55.0 Å². The molecule has 5 nitrogen and oxygen atoms in total. The minimum absolute atomic E-state index is 0.0851. The Kier molecular flexibility index (Phi) is 5.75. The number of carbonyl (C=O) groups is 1. The minimum atomic E-state index is -0.0851. The van der Waals surface area contributed by atoms with Crippen molar-refractivity contribution in [3.8, 4) is 0 Å². The number of carbonyl (C=O) groups excluding carboxylic acids is 1. The van der Waals surface area contributed by atoms with Crippen LogP contribution in [0.2, 0.25) is 0 Å². The summed E-state index contributed by atoms with van der Waals surface area (Å²) in [4.78, 5) is 19.5. The summed E-state index contributed by atoms with van der Waals surface area (Å²) in [5.41, 5.74) is 0.809. The van der Waals surface area contributed by atoms with Crippen LogP contribution < -0.4 is 0 Å². The average molecular weight is 454 g/mol. The number of furan rings is 1. The van der Waals surface area contributed by atoms with Gasteiger partial charge in [-0.3, -0.25) is 9.69 Å². The number of rotatable bonds is 5. The molecule has 1 aliphatic heterocycles. The number of nitrogens with zero attached hydrogens (tertiary/aromatic N) is 2. The van der Waals surface area contributed by atoms with E-state index in [4.69, 9.17) is 9.15 Å². The number of methoxy groups -OCH3 is 1. The number of aliphatic imine (C=N–C) groups is 1. The van der Waals surface area contributed by atoms with E-state index < -0.39 is 0 Å². The fourth-order valence-corrected chi connectivity index (χ4v) is 3.56. The summed E-state index contributed by atoms with van der Waals surface area (Å²) >= 11 is 3.44. The van der Waals surface area contributed by atoms with Crippen molar-refractivity contribution in [2.45, 2.75) is 0 Å².